The molecule has 0 spiro atoms. The lowest BCUT2D eigenvalue weighted by Crippen LogP contribution is -2.16. The highest BCUT2D eigenvalue weighted by Gasteiger charge is 2.16. The van der Waals surface area contributed by atoms with Gasteiger partial charge >= 0.3 is 0 Å². The molecule has 0 aliphatic heterocycles. The SMILES string of the molecule is CCc1ccc(C(NC)c2ccsc2C)s1. The predicted octanol–water partition coefficient (Wildman–Crippen LogP) is 3.99. The molecule has 0 saturated carbocycles. The molecule has 2 aromatic rings. The second kappa shape index (κ2) is 5.13. The zero-order chi connectivity index (χ0) is 11.5. The van der Waals surface area contributed by atoms with Crippen molar-refractivity contribution < 1.29 is 0 Å². The topological polar surface area (TPSA) is 12.0 Å². The molecule has 86 valence electrons. The summed E-state index contributed by atoms with van der Waals surface area (Å²) in [5.41, 5.74) is 1.41. The van der Waals surface area contributed by atoms with Gasteiger partial charge in [0.1, 0.15) is 0 Å². The molecule has 0 bridgehead atoms. The molecule has 0 aromatic carbocycles. The van der Waals surface area contributed by atoms with Crippen LogP contribution in [0.15, 0.2) is 23.6 Å². The number of hydrogen-bond acceptors (Lipinski definition) is 3. The second-order valence-electron chi connectivity index (χ2n) is 3.81. The summed E-state index contributed by atoms with van der Waals surface area (Å²) in [7, 11) is 2.03. The molecular weight excluding hydrogens is 234 g/mol. The Kier molecular flexibility index (Phi) is 3.79. The van der Waals surface area contributed by atoms with Gasteiger partial charge in [0, 0.05) is 14.6 Å². The molecule has 16 heavy (non-hydrogen) atoms. The van der Waals surface area contributed by atoms with Crippen LogP contribution in [0.5, 0.6) is 0 Å². The number of rotatable bonds is 4. The van der Waals surface area contributed by atoms with Gasteiger partial charge in [-0.25, -0.2) is 0 Å². The van der Waals surface area contributed by atoms with E-state index >= 15 is 0 Å². The lowest BCUT2D eigenvalue weighted by Gasteiger charge is -2.14. The first-order chi connectivity index (χ1) is 7.76. The molecule has 2 rings (SSSR count). The van der Waals surface area contributed by atoms with Crippen molar-refractivity contribution in [3.05, 3.63) is 43.8 Å². The summed E-state index contributed by atoms with van der Waals surface area (Å²) < 4.78 is 0. The van der Waals surface area contributed by atoms with E-state index in [0.29, 0.717) is 6.04 Å². The molecular formula is C13H17NS2. The maximum absolute atomic E-state index is 3.42. The molecule has 1 unspecified atom stereocenters. The van der Waals surface area contributed by atoms with Crippen LogP contribution >= 0.6 is 22.7 Å². The van der Waals surface area contributed by atoms with Gasteiger partial charge in [0.25, 0.3) is 0 Å². The van der Waals surface area contributed by atoms with Crippen molar-refractivity contribution in [2.45, 2.75) is 26.3 Å². The molecule has 2 aromatic heterocycles. The van der Waals surface area contributed by atoms with Crippen LogP contribution in [-0.2, 0) is 6.42 Å². The number of hydrogen-bond donors (Lipinski definition) is 1. The van der Waals surface area contributed by atoms with Crippen LogP contribution < -0.4 is 5.32 Å². The Morgan fingerprint density at radius 3 is 2.62 bits per heavy atom. The molecule has 0 aliphatic carbocycles. The van der Waals surface area contributed by atoms with Gasteiger partial charge in [-0.1, -0.05) is 6.92 Å². The average Bonchev–Trinajstić information content (AvgIpc) is 2.90. The Hall–Kier alpha value is -0.640. The van der Waals surface area contributed by atoms with Crippen molar-refractivity contribution in [1.29, 1.82) is 0 Å². The summed E-state index contributed by atoms with van der Waals surface area (Å²) in [5.74, 6) is 0. The second-order valence-corrected chi connectivity index (χ2v) is 6.13. The van der Waals surface area contributed by atoms with E-state index in [2.05, 4.69) is 42.7 Å². The van der Waals surface area contributed by atoms with E-state index in [1.807, 2.05) is 29.7 Å². The van der Waals surface area contributed by atoms with Crippen molar-refractivity contribution in [3.8, 4) is 0 Å². The third-order valence-corrected chi connectivity index (χ3v) is 4.97. The van der Waals surface area contributed by atoms with E-state index in [4.69, 9.17) is 0 Å². The van der Waals surface area contributed by atoms with Crippen molar-refractivity contribution in [2.75, 3.05) is 7.05 Å². The van der Waals surface area contributed by atoms with E-state index < -0.39 is 0 Å². The van der Waals surface area contributed by atoms with Crippen molar-refractivity contribution in [3.63, 3.8) is 0 Å². The quantitative estimate of drug-likeness (QED) is 0.866. The summed E-state index contributed by atoms with van der Waals surface area (Å²) in [5, 5.41) is 5.59. The van der Waals surface area contributed by atoms with Gasteiger partial charge in [0.05, 0.1) is 6.04 Å². The fraction of sp³-hybridized carbons (Fsp3) is 0.385. The first-order valence-corrected chi connectivity index (χ1v) is 7.25. The van der Waals surface area contributed by atoms with Gasteiger partial charge < -0.3 is 5.32 Å². The summed E-state index contributed by atoms with van der Waals surface area (Å²) in [6.45, 7) is 4.40. The van der Waals surface area contributed by atoms with E-state index in [1.54, 1.807) is 0 Å². The predicted molar refractivity (Wildman–Crippen MR) is 73.7 cm³/mol. The molecule has 3 heteroatoms. The highest BCUT2D eigenvalue weighted by Crippen LogP contribution is 2.32. The maximum Gasteiger partial charge on any atom is 0.0679 e. The zero-order valence-corrected chi connectivity index (χ0v) is 11.5. The van der Waals surface area contributed by atoms with E-state index in [-0.39, 0.29) is 0 Å². The van der Waals surface area contributed by atoms with Crippen LogP contribution in [0.3, 0.4) is 0 Å². The zero-order valence-electron chi connectivity index (χ0n) is 9.91. The molecule has 1 nitrogen and oxygen atoms in total. The van der Waals surface area contributed by atoms with Crippen LogP contribution in [-0.4, -0.2) is 7.05 Å². The minimum Gasteiger partial charge on any atom is -0.309 e. The summed E-state index contributed by atoms with van der Waals surface area (Å²) in [6, 6.07) is 7.08. The summed E-state index contributed by atoms with van der Waals surface area (Å²) >= 11 is 3.73. The standard InChI is InChI=1S/C13H17NS2/c1-4-10-5-6-12(16-10)13(14-3)11-7-8-15-9(11)2/h5-8,13-14H,4H2,1-3H3. The van der Waals surface area contributed by atoms with Crippen LogP contribution in [0.25, 0.3) is 0 Å². The summed E-state index contributed by atoms with van der Waals surface area (Å²) in [4.78, 5) is 4.29. The Labute approximate surface area is 105 Å². The van der Waals surface area contributed by atoms with E-state index in [9.17, 15) is 0 Å². The van der Waals surface area contributed by atoms with Crippen molar-refractivity contribution in [1.82, 2.24) is 5.32 Å². The van der Waals surface area contributed by atoms with Crippen molar-refractivity contribution >= 4 is 22.7 Å². The Bertz CT molecular complexity index is 456. The highest BCUT2D eigenvalue weighted by atomic mass is 32.1. The highest BCUT2D eigenvalue weighted by molar-refractivity contribution is 7.12. The Morgan fingerprint density at radius 2 is 2.12 bits per heavy atom. The van der Waals surface area contributed by atoms with Crippen LogP contribution in [0, 0.1) is 6.92 Å². The van der Waals surface area contributed by atoms with Gasteiger partial charge in [0.15, 0.2) is 0 Å². The van der Waals surface area contributed by atoms with Gasteiger partial charge in [0.2, 0.25) is 0 Å². The number of aryl methyl sites for hydroxylation is 2. The van der Waals surface area contributed by atoms with Gasteiger partial charge in [-0.2, -0.15) is 0 Å². The first kappa shape index (κ1) is 11.8. The van der Waals surface area contributed by atoms with Gasteiger partial charge in [-0.05, 0) is 49.5 Å². The molecule has 0 saturated heterocycles. The molecule has 1 atom stereocenters. The van der Waals surface area contributed by atoms with Gasteiger partial charge in [-0.15, -0.1) is 22.7 Å². The average molecular weight is 251 g/mol. The minimum atomic E-state index is 0.358. The van der Waals surface area contributed by atoms with E-state index in [1.165, 1.54) is 20.2 Å². The number of thiophene rings is 2. The van der Waals surface area contributed by atoms with Crippen LogP contribution in [0.1, 0.15) is 33.2 Å². The molecule has 0 radical (unpaired) electrons. The third kappa shape index (κ3) is 2.21. The Morgan fingerprint density at radius 1 is 1.31 bits per heavy atom. The monoisotopic (exact) mass is 251 g/mol. The van der Waals surface area contributed by atoms with Crippen molar-refractivity contribution in [2.24, 2.45) is 0 Å². The molecule has 0 fully saturated rings. The molecule has 0 aliphatic rings. The van der Waals surface area contributed by atoms with Crippen LogP contribution in [0.2, 0.25) is 0 Å². The fourth-order valence-electron chi connectivity index (χ4n) is 1.88. The summed E-state index contributed by atoms with van der Waals surface area (Å²) in [6.07, 6.45) is 1.13. The normalized spacial score (nSPS) is 12.9. The smallest absolute Gasteiger partial charge is 0.0679 e. The molecule has 1 N–H and O–H groups in total. The van der Waals surface area contributed by atoms with Crippen LogP contribution in [0.4, 0.5) is 0 Å². The fourth-order valence-corrected chi connectivity index (χ4v) is 3.71. The molecule has 2 heterocycles. The lowest BCUT2D eigenvalue weighted by molar-refractivity contribution is 0.703. The largest absolute Gasteiger partial charge is 0.309 e. The van der Waals surface area contributed by atoms with Gasteiger partial charge in [-0.3, -0.25) is 0 Å². The number of nitrogens with one attached hydrogen (secondary N) is 1. The third-order valence-electron chi connectivity index (χ3n) is 2.81. The first-order valence-electron chi connectivity index (χ1n) is 5.56. The maximum atomic E-state index is 3.42. The lowest BCUT2D eigenvalue weighted by atomic mass is 10.1. The van der Waals surface area contributed by atoms with E-state index in [0.717, 1.165) is 6.42 Å². The minimum absolute atomic E-state index is 0.358. The molecule has 0 amide bonds. The Balaban J connectivity index is 2.32.